The van der Waals surface area contributed by atoms with Gasteiger partial charge in [-0.1, -0.05) is 12.1 Å². The molecule has 1 aromatic heterocycles. The number of hydrogen-bond donors (Lipinski definition) is 3. The molecule has 3 N–H and O–H groups in total. The van der Waals surface area contributed by atoms with E-state index in [1.54, 1.807) is 54.4 Å². The molecule has 1 atom stereocenters. The zero-order chi connectivity index (χ0) is 20.9. The molecular formula is C22H20FN3O3S. The van der Waals surface area contributed by atoms with Gasteiger partial charge in [0.1, 0.15) is 17.6 Å². The summed E-state index contributed by atoms with van der Waals surface area (Å²) >= 11 is 1.55. The van der Waals surface area contributed by atoms with E-state index in [0.717, 1.165) is 11.3 Å². The third-order valence-electron chi connectivity index (χ3n) is 4.63. The number of halogens is 1. The molecule has 0 fully saturated rings. The highest BCUT2D eigenvalue weighted by Crippen LogP contribution is 2.29. The molecule has 3 aromatic rings. The molecule has 1 unspecified atom stereocenters. The molecule has 0 radical (unpaired) electrons. The summed E-state index contributed by atoms with van der Waals surface area (Å²) in [4.78, 5) is 24.8. The van der Waals surface area contributed by atoms with Crippen LogP contribution >= 0.6 is 11.8 Å². The lowest BCUT2D eigenvalue weighted by Gasteiger charge is -2.27. The maximum atomic E-state index is 13.3. The minimum absolute atomic E-state index is 0.164. The van der Waals surface area contributed by atoms with Crippen LogP contribution in [0.5, 0.6) is 0 Å². The van der Waals surface area contributed by atoms with Crippen molar-refractivity contribution >= 4 is 35.0 Å². The molecular weight excluding hydrogens is 405 g/mol. The van der Waals surface area contributed by atoms with Gasteiger partial charge >= 0.3 is 0 Å². The average Bonchev–Trinajstić information content (AvgIpc) is 3.26. The lowest BCUT2D eigenvalue weighted by molar-refractivity contribution is -0.116. The second-order valence-electron chi connectivity index (χ2n) is 6.85. The first-order valence-corrected chi connectivity index (χ1v) is 10.6. The van der Waals surface area contributed by atoms with Gasteiger partial charge in [0, 0.05) is 17.1 Å². The Morgan fingerprint density at radius 2 is 2.03 bits per heavy atom. The van der Waals surface area contributed by atoms with Crippen molar-refractivity contribution < 1.29 is 18.4 Å². The van der Waals surface area contributed by atoms with Crippen LogP contribution in [0.15, 0.2) is 65.3 Å². The van der Waals surface area contributed by atoms with Crippen molar-refractivity contribution in [2.45, 2.75) is 18.3 Å². The van der Waals surface area contributed by atoms with E-state index >= 15 is 0 Å². The third-order valence-corrected chi connectivity index (χ3v) is 5.74. The van der Waals surface area contributed by atoms with Gasteiger partial charge in [-0.05, 0) is 48.0 Å². The summed E-state index contributed by atoms with van der Waals surface area (Å²) in [5, 5.41) is 8.85. The Morgan fingerprint density at radius 3 is 2.83 bits per heavy atom. The van der Waals surface area contributed by atoms with E-state index in [0.29, 0.717) is 28.5 Å². The molecule has 0 saturated carbocycles. The van der Waals surface area contributed by atoms with Gasteiger partial charge in [-0.25, -0.2) is 4.39 Å². The van der Waals surface area contributed by atoms with Crippen LogP contribution in [-0.2, 0) is 17.1 Å². The predicted molar refractivity (Wildman–Crippen MR) is 115 cm³/mol. The SMILES string of the molecule is O=C(NCc1ccco1)c1ccc2c(c1)NC(=O)C(CSCc1cccc(F)c1)N2. The molecule has 1 aliphatic rings. The van der Waals surface area contributed by atoms with Crippen molar-refractivity contribution in [3.63, 3.8) is 0 Å². The van der Waals surface area contributed by atoms with E-state index in [1.165, 1.54) is 12.1 Å². The number of fused-ring (bicyclic) bond motifs is 1. The molecule has 154 valence electrons. The predicted octanol–water partition coefficient (Wildman–Crippen LogP) is 4.01. The van der Waals surface area contributed by atoms with Crippen LogP contribution in [0.25, 0.3) is 0 Å². The van der Waals surface area contributed by atoms with Gasteiger partial charge in [-0.15, -0.1) is 0 Å². The first-order chi connectivity index (χ1) is 14.6. The van der Waals surface area contributed by atoms with Gasteiger partial charge < -0.3 is 20.4 Å². The second kappa shape index (κ2) is 9.04. The molecule has 2 aromatic carbocycles. The van der Waals surface area contributed by atoms with Crippen LogP contribution in [0.1, 0.15) is 21.7 Å². The highest BCUT2D eigenvalue weighted by atomic mass is 32.2. The lowest BCUT2D eigenvalue weighted by atomic mass is 10.1. The topological polar surface area (TPSA) is 83.4 Å². The van der Waals surface area contributed by atoms with Crippen molar-refractivity contribution in [3.8, 4) is 0 Å². The fourth-order valence-electron chi connectivity index (χ4n) is 3.11. The summed E-state index contributed by atoms with van der Waals surface area (Å²) in [6.07, 6.45) is 1.55. The number of nitrogens with one attached hydrogen (secondary N) is 3. The molecule has 0 saturated heterocycles. The molecule has 2 amide bonds. The Morgan fingerprint density at radius 1 is 1.13 bits per heavy atom. The summed E-state index contributed by atoms with van der Waals surface area (Å²) < 4.78 is 18.5. The first-order valence-electron chi connectivity index (χ1n) is 9.43. The van der Waals surface area contributed by atoms with E-state index in [9.17, 15) is 14.0 Å². The van der Waals surface area contributed by atoms with Crippen LogP contribution in [0.2, 0.25) is 0 Å². The highest BCUT2D eigenvalue weighted by Gasteiger charge is 2.26. The standard InChI is InChI=1S/C22H20FN3O3S/c23-16-4-1-3-14(9-16)12-30-13-20-22(28)26-19-10-15(6-7-18(19)25-20)21(27)24-11-17-5-2-8-29-17/h1-10,20,25H,11-13H2,(H,24,27)(H,26,28). The van der Waals surface area contributed by atoms with E-state index in [1.807, 2.05) is 6.07 Å². The number of amides is 2. The van der Waals surface area contributed by atoms with Gasteiger partial charge in [-0.2, -0.15) is 11.8 Å². The number of anilines is 2. The Labute approximate surface area is 177 Å². The number of carbonyl (C=O) groups is 2. The lowest BCUT2D eigenvalue weighted by Crippen LogP contribution is -2.40. The average molecular weight is 425 g/mol. The van der Waals surface area contributed by atoms with Crippen molar-refractivity contribution in [2.75, 3.05) is 16.4 Å². The van der Waals surface area contributed by atoms with Gasteiger partial charge in [0.25, 0.3) is 5.91 Å². The van der Waals surface area contributed by atoms with Gasteiger partial charge in [-0.3, -0.25) is 9.59 Å². The van der Waals surface area contributed by atoms with Crippen molar-refractivity contribution in [3.05, 3.63) is 83.6 Å². The molecule has 6 nitrogen and oxygen atoms in total. The minimum Gasteiger partial charge on any atom is -0.467 e. The largest absolute Gasteiger partial charge is 0.467 e. The number of benzene rings is 2. The van der Waals surface area contributed by atoms with Crippen LogP contribution in [0.3, 0.4) is 0 Å². The van der Waals surface area contributed by atoms with E-state index < -0.39 is 6.04 Å². The molecule has 0 aliphatic carbocycles. The first kappa shape index (κ1) is 20.0. The summed E-state index contributed by atoms with van der Waals surface area (Å²) in [5.41, 5.74) is 2.65. The summed E-state index contributed by atoms with van der Waals surface area (Å²) in [6.45, 7) is 0.290. The number of thioether (sulfide) groups is 1. The number of carbonyl (C=O) groups excluding carboxylic acids is 2. The molecule has 8 heteroatoms. The van der Waals surface area contributed by atoms with Crippen LogP contribution in [0, 0.1) is 5.82 Å². The minimum atomic E-state index is -0.408. The maximum Gasteiger partial charge on any atom is 0.251 e. The molecule has 30 heavy (non-hydrogen) atoms. The fourth-order valence-corrected chi connectivity index (χ4v) is 4.11. The number of hydrogen-bond acceptors (Lipinski definition) is 5. The van der Waals surface area contributed by atoms with Crippen LogP contribution < -0.4 is 16.0 Å². The Hall–Kier alpha value is -3.26. The van der Waals surface area contributed by atoms with Gasteiger partial charge in [0.05, 0.1) is 24.2 Å². The number of furan rings is 1. The second-order valence-corrected chi connectivity index (χ2v) is 7.88. The fraction of sp³-hybridized carbons (Fsp3) is 0.182. The zero-order valence-electron chi connectivity index (χ0n) is 16.0. The van der Waals surface area contributed by atoms with Crippen molar-refractivity contribution in [2.24, 2.45) is 0 Å². The summed E-state index contributed by atoms with van der Waals surface area (Å²) in [7, 11) is 0. The van der Waals surface area contributed by atoms with E-state index in [-0.39, 0.29) is 24.2 Å². The Balaban J connectivity index is 1.34. The van der Waals surface area contributed by atoms with Crippen molar-refractivity contribution in [1.29, 1.82) is 0 Å². The molecule has 0 spiro atoms. The van der Waals surface area contributed by atoms with Crippen LogP contribution in [-0.4, -0.2) is 23.6 Å². The monoisotopic (exact) mass is 425 g/mol. The molecule has 1 aliphatic heterocycles. The quantitative estimate of drug-likeness (QED) is 0.533. The Kier molecular flexibility index (Phi) is 6.04. The van der Waals surface area contributed by atoms with E-state index in [2.05, 4.69) is 16.0 Å². The van der Waals surface area contributed by atoms with Crippen molar-refractivity contribution in [1.82, 2.24) is 5.32 Å². The molecule has 4 rings (SSSR count). The maximum absolute atomic E-state index is 13.3. The third kappa shape index (κ3) is 4.83. The highest BCUT2D eigenvalue weighted by molar-refractivity contribution is 7.98. The van der Waals surface area contributed by atoms with E-state index in [4.69, 9.17) is 4.42 Å². The normalized spacial score (nSPS) is 15.1. The molecule has 0 bridgehead atoms. The smallest absolute Gasteiger partial charge is 0.251 e. The van der Waals surface area contributed by atoms with Crippen LogP contribution in [0.4, 0.5) is 15.8 Å². The van der Waals surface area contributed by atoms with Gasteiger partial charge in [0.15, 0.2) is 0 Å². The zero-order valence-corrected chi connectivity index (χ0v) is 16.8. The molecule has 2 heterocycles. The Bertz CT molecular complexity index is 1060. The van der Waals surface area contributed by atoms with Gasteiger partial charge in [0.2, 0.25) is 5.91 Å². The summed E-state index contributed by atoms with van der Waals surface area (Å²) in [6, 6.07) is 14.7. The summed E-state index contributed by atoms with van der Waals surface area (Å²) in [5.74, 6) is 1.13. The number of rotatable bonds is 7.